The van der Waals surface area contributed by atoms with Crippen LogP contribution in [0.1, 0.15) is 31.2 Å². The van der Waals surface area contributed by atoms with Gasteiger partial charge in [0.1, 0.15) is 0 Å². The fraction of sp³-hybridized carbons (Fsp3) is 0.562. The molecule has 4 nitrogen and oxygen atoms in total. The van der Waals surface area contributed by atoms with Crippen molar-refractivity contribution in [3.05, 3.63) is 29.8 Å². The Kier molecular flexibility index (Phi) is 5.56. The number of nitrogens with two attached hydrogens (primary N) is 1. The zero-order valence-corrected chi connectivity index (χ0v) is 11.8. The van der Waals surface area contributed by atoms with Gasteiger partial charge in [-0.2, -0.15) is 0 Å². The summed E-state index contributed by atoms with van der Waals surface area (Å²) in [5.74, 6) is 0.835. The monoisotopic (exact) mass is 276 g/mol. The summed E-state index contributed by atoms with van der Waals surface area (Å²) in [4.78, 5) is 12.2. The van der Waals surface area contributed by atoms with Crippen molar-refractivity contribution in [1.29, 1.82) is 0 Å². The first-order valence-electron chi connectivity index (χ1n) is 7.43. The second-order valence-corrected chi connectivity index (χ2v) is 5.61. The molecule has 110 valence electrons. The Morgan fingerprint density at radius 1 is 1.20 bits per heavy atom. The first kappa shape index (κ1) is 15.0. The number of nitrogens with one attached hydrogen (secondary N) is 1. The van der Waals surface area contributed by atoms with Gasteiger partial charge in [0.2, 0.25) is 5.91 Å². The van der Waals surface area contributed by atoms with E-state index >= 15 is 0 Å². The number of rotatable bonds is 5. The van der Waals surface area contributed by atoms with Gasteiger partial charge in [0.15, 0.2) is 0 Å². The topological polar surface area (TPSA) is 75.4 Å². The highest BCUT2D eigenvalue weighted by molar-refractivity contribution is 5.92. The van der Waals surface area contributed by atoms with Gasteiger partial charge in [-0.15, -0.1) is 0 Å². The molecule has 0 aromatic heterocycles. The van der Waals surface area contributed by atoms with Crippen LogP contribution in [0.15, 0.2) is 24.3 Å². The van der Waals surface area contributed by atoms with E-state index in [1.165, 1.54) is 0 Å². The molecule has 0 spiro atoms. The summed E-state index contributed by atoms with van der Waals surface area (Å²) in [6, 6.07) is 7.68. The number of amides is 1. The van der Waals surface area contributed by atoms with Gasteiger partial charge in [0.25, 0.3) is 0 Å². The van der Waals surface area contributed by atoms with Crippen LogP contribution in [-0.4, -0.2) is 24.2 Å². The van der Waals surface area contributed by atoms with Crippen LogP contribution in [-0.2, 0) is 11.2 Å². The fourth-order valence-corrected chi connectivity index (χ4v) is 2.79. The third kappa shape index (κ3) is 4.05. The van der Waals surface area contributed by atoms with Crippen LogP contribution in [0, 0.1) is 11.8 Å². The van der Waals surface area contributed by atoms with Crippen LogP contribution in [0.4, 0.5) is 5.69 Å². The molecule has 2 rings (SSSR count). The normalized spacial score (nSPS) is 22.5. The Hall–Kier alpha value is -1.39. The van der Waals surface area contributed by atoms with E-state index in [-0.39, 0.29) is 18.4 Å². The predicted octanol–water partition coefficient (Wildman–Crippen LogP) is 1.92. The van der Waals surface area contributed by atoms with E-state index < -0.39 is 0 Å². The molecule has 4 heteroatoms. The third-order valence-electron chi connectivity index (χ3n) is 4.17. The average molecular weight is 276 g/mol. The van der Waals surface area contributed by atoms with Crippen LogP contribution in [0.25, 0.3) is 0 Å². The second kappa shape index (κ2) is 7.41. The van der Waals surface area contributed by atoms with Gasteiger partial charge in [0, 0.05) is 18.2 Å². The SMILES string of the molecule is NCC1CCC(C(=O)Nc2ccc(CCO)cc2)CC1. The van der Waals surface area contributed by atoms with E-state index in [9.17, 15) is 4.79 Å². The first-order chi connectivity index (χ1) is 9.72. The van der Waals surface area contributed by atoms with E-state index in [1.54, 1.807) is 0 Å². The molecular weight excluding hydrogens is 252 g/mol. The third-order valence-corrected chi connectivity index (χ3v) is 4.17. The van der Waals surface area contributed by atoms with Crippen LogP contribution in [0.3, 0.4) is 0 Å². The van der Waals surface area contributed by atoms with Gasteiger partial charge in [-0.25, -0.2) is 0 Å². The van der Waals surface area contributed by atoms with E-state index in [1.807, 2.05) is 24.3 Å². The molecule has 1 aliphatic carbocycles. The lowest BCUT2D eigenvalue weighted by molar-refractivity contribution is -0.121. The summed E-state index contributed by atoms with van der Waals surface area (Å²) >= 11 is 0. The largest absolute Gasteiger partial charge is 0.396 e. The molecule has 0 atom stereocenters. The average Bonchev–Trinajstić information content (AvgIpc) is 2.49. The summed E-state index contributed by atoms with van der Waals surface area (Å²) in [6.45, 7) is 0.886. The van der Waals surface area contributed by atoms with E-state index in [4.69, 9.17) is 10.8 Å². The lowest BCUT2D eigenvalue weighted by Gasteiger charge is -2.26. The molecule has 0 heterocycles. The highest BCUT2D eigenvalue weighted by Gasteiger charge is 2.25. The van der Waals surface area contributed by atoms with Gasteiger partial charge in [0.05, 0.1) is 0 Å². The molecule has 0 bridgehead atoms. The zero-order chi connectivity index (χ0) is 14.4. The van der Waals surface area contributed by atoms with Crippen molar-refractivity contribution >= 4 is 11.6 Å². The van der Waals surface area contributed by atoms with Gasteiger partial charge in [-0.3, -0.25) is 4.79 Å². The quantitative estimate of drug-likeness (QED) is 0.769. The lowest BCUT2D eigenvalue weighted by atomic mass is 9.81. The minimum atomic E-state index is 0.120. The number of hydrogen-bond donors (Lipinski definition) is 3. The van der Waals surface area contributed by atoms with Gasteiger partial charge in [-0.05, 0) is 62.3 Å². The van der Waals surface area contributed by atoms with Crippen molar-refractivity contribution < 1.29 is 9.90 Å². The lowest BCUT2D eigenvalue weighted by Crippen LogP contribution is -2.29. The summed E-state index contributed by atoms with van der Waals surface area (Å²) in [6.07, 6.45) is 4.65. The molecule has 4 N–H and O–H groups in total. The predicted molar refractivity (Wildman–Crippen MR) is 80.4 cm³/mol. The van der Waals surface area contributed by atoms with Crippen LogP contribution in [0.5, 0.6) is 0 Å². The van der Waals surface area contributed by atoms with Crippen molar-refractivity contribution in [2.24, 2.45) is 17.6 Å². The number of aliphatic hydroxyl groups excluding tert-OH is 1. The molecule has 20 heavy (non-hydrogen) atoms. The summed E-state index contributed by atoms with van der Waals surface area (Å²) in [7, 11) is 0. The molecule has 1 amide bonds. The molecular formula is C16H24N2O2. The Bertz CT molecular complexity index is 423. The maximum Gasteiger partial charge on any atom is 0.227 e. The number of aliphatic hydroxyl groups is 1. The Labute approximate surface area is 120 Å². The Morgan fingerprint density at radius 2 is 1.85 bits per heavy atom. The van der Waals surface area contributed by atoms with Gasteiger partial charge >= 0.3 is 0 Å². The standard InChI is InChI=1S/C16H24N2O2/c17-11-13-1-5-14(6-2-13)16(20)18-15-7-3-12(4-8-15)9-10-19/h3-4,7-8,13-14,19H,1-2,5-6,9-11,17H2,(H,18,20). The first-order valence-corrected chi connectivity index (χ1v) is 7.43. The maximum absolute atomic E-state index is 12.2. The number of anilines is 1. The van der Waals surface area contributed by atoms with Gasteiger partial charge in [-0.1, -0.05) is 12.1 Å². The van der Waals surface area contributed by atoms with Crippen molar-refractivity contribution in [3.8, 4) is 0 Å². The molecule has 1 saturated carbocycles. The van der Waals surface area contributed by atoms with Crippen LogP contribution < -0.4 is 11.1 Å². The minimum Gasteiger partial charge on any atom is -0.396 e. The molecule has 1 aromatic rings. The minimum absolute atomic E-state index is 0.120. The second-order valence-electron chi connectivity index (χ2n) is 5.61. The number of carbonyl (C=O) groups excluding carboxylic acids is 1. The number of benzene rings is 1. The molecule has 0 saturated heterocycles. The van der Waals surface area contributed by atoms with Crippen molar-refractivity contribution in [2.45, 2.75) is 32.1 Å². The highest BCUT2D eigenvalue weighted by Crippen LogP contribution is 2.29. The Morgan fingerprint density at radius 3 is 2.40 bits per heavy atom. The summed E-state index contributed by atoms with van der Waals surface area (Å²) in [5.41, 5.74) is 7.58. The van der Waals surface area contributed by atoms with Crippen molar-refractivity contribution in [3.63, 3.8) is 0 Å². The molecule has 0 aliphatic heterocycles. The van der Waals surface area contributed by atoms with E-state index in [0.717, 1.165) is 43.5 Å². The molecule has 0 radical (unpaired) electrons. The maximum atomic E-state index is 12.2. The van der Waals surface area contributed by atoms with Crippen molar-refractivity contribution in [1.82, 2.24) is 0 Å². The molecule has 1 aromatic carbocycles. The number of carbonyl (C=O) groups is 1. The van der Waals surface area contributed by atoms with Crippen molar-refractivity contribution in [2.75, 3.05) is 18.5 Å². The fourth-order valence-electron chi connectivity index (χ4n) is 2.79. The number of hydrogen-bond acceptors (Lipinski definition) is 3. The van der Waals surface area contributed by atoms with E-state index in [0.29, 0.717) is 12.3 Å². The smallest absolute Gasteiger partial charge is 0.227 e. The highest BCUT2D eigenvalue weighted by atomic mass is 16.2. The Balaban J connectivity index is 1.85. The summed E-state index contributed by atoms with van der Waals surface area (Å²) in [5, 5.41) is 11.8. The van der Waals surface area contributed by atoms with Gasteiger partial charge < -0.3 is 16.2 Å². The van der Waals surface area contributed by atoms with E-state index in [2.05, 4.69) is 5.32 Å². The van der Waals surface area contributed by atoms with Crippen LogP contribution >= 0.6 is 0 Å². The molecule has 1 fully saturated rings. The summed E-state index contributed by atoms with van der Waals surface area (Å²) < 4.78 is 0. The van der Waals surface area contributed by atoms with Crippen LogP contribution in [0.2, 0.25) is 0 Å². The molecule has 0 unspecified atom stereocenters. The molecule has 1 aliphatic rings. The zero-order valence-electron chi connectivity index (χ0n) is 11.8.